The number of fused-ring (bicyclic) bond motifs is 1. The van der Waals surface area contributed by atoms with Gasteiger partial charge in [0.1, 0.15) is 0 Å². The number of hydrogen-bond donors (Lipinski definition) is 0. The van der Waals surface area contributed by atoms with Gasteiger partial charge in [0.05, 0.1) is 17.9 Å². The molecule has 6 heteroatoms. The number of rotatable bonds is 4. The average molecular weight is 433 g/mol. The maximum atomic E-state index is 12.9. The first kappa shape index (κ1) is 18.7. The number of imide groups is 1. The van der Waals surface area contributed by atoms with E-state index in [1.54, 1.807) is 0 Å². The van der Waals surface area contributed by atoms with E-state index >= 15 is 0 Å². The molecule has 1 aromatic rings. The molecule has 5 nitrogen and oxygen atoms in total. The third kappa shape index (κ3) is 3.56. The monoisotopic (exact) mass is 432 g/mol. The molecule has 0 radical (unpaired) electrons. The Bertz CT molecular complexity index is 742. The molecule has 2 aliphatic heterocycles. The summed E-state index contributed by atoms with van der Waals surface area (Å²) in [5.41, 5.74) is 1.13. The summed E-state index contributed by atoms with van der Waals surface area (Å²) in [7, 11) is 0. The van der Waals surface area contributed by atoms with Gasteiger partial charge in [-0.25, -0.2) is 0 Å². The van der Waals surface area contributed by atoms with E-state index in [0.29, 0.717) is 0 Å². The number of halogens is 1. The molecule has 27 heavy (non-hydrogen) atoms. The Morgan fingerprint density at radius 1 is 1.04 bits per heavy atom. The summed E-state index contributed by atoms with van der Waals surface area (Å²) in [6.45, 7) is 0.967. The highest BCUT2D eigenvalue weighted by Crippen LogP contribution is 2.38. The average Bonchev–Trinajstić information content (AvgIpc) is 3.25. The summed E-state index contributed by atoms with van der Waals surface area (Å²) in [5.74, 6) is -0.344. The highest BCUT2D eigenvalue weighted by Gasteiger charge is 2.48. The molecule has 2 saturated heterocycles. The first-order chi connectivity index (χ1) is 13.1. The fourth-order valence-corrected chi connectivity index (χ4v) is 5.34. The van der Waals surface area contributed by atoms with Crippen LogP contribution in [0.4, 0.5) is 0 Å². The molecule has 0 bridgehead atoms. The normalized spacial score (nSPS) is 28.0. The lowest BCUT2D eigenvalue weighted by Gasteiger charge is -2.26. The Morgan fingerprint density at radius 3 is 2.41 bits per heavy atom. The standard InChI is InChI=1S/C21H25BrN2O3/c22-15-6-3-5-14(13-15)18-9-4-11-23(18)19(25)10-12-24-20(26)16-7-1-2-8-17(16)21(24)27/h3,5-6,13,16-18H,1-2,4,7-12H2. The van der Waals surface area contributed by atoms with E-state index < -0.39 is 0 Å². The highest BCUT2D eigenvalue weighted by molar-refractivity contribution is 9.10. The zero-order valence-corrected chi connectivity index (χ0v) is 17.0. The second-order valence-corrected chi connectivity index (χ2v) is 8.79. The molecule has 3 atom stereocenters. The quantitative estimate of drug-likeness (QED) is 0.681. The van der Waals surface area contributed by atoms with Crippen LogP contribution in [0.15, 0.2) is 28.7 Å². The van der Waals surface area contributed by atoms with Crippen LogP contribution in [0.25, 0.3) is 0 Å². The minimum absolute atomic E-state index is 0.0351. The molecular formula is C21H25BrN2O3. The second kappa shape index (κ2) is 7.74. The van der Waals surface area contributed by atoms with Crippen LogP contribution >= 0.6 is 15.9 Å². The van der Waals surface area contributed by atoms with E-state index in [9.17, 15) is 14.4 Å². The second-order valence-electron chi connectivity index (χ2n) is 7.88. The van der Waals surface area contributed by atoms with Gasteiger partial charge < -0.3 is 4.90 Å². The van der Waals surface area contributed by atoms with Gasteiger partial charge in [-0.3, -0.25) is 19.3 Å². The molecule has 0 aromatic heterocycles. The fraction of sp³-hybridized carbons (Fsp3) is 0.571. The van der Waals surface area contributed by atoms with Gasteiger partial charge in [0.2, 0.25) is 17.7 Å². The van der Waals surface area contributed by atoms with Crippen molar-refractivity contribution in [2.75, 3.05) is 13.1 Å². The van der Waals surface area contributed by atoms with Gasteiger partial charge in [-0.1, -0.05) is 40.9 Å². The lowest BCUT2D eigenvalue weighted by Crippen LogP contribution is -2.37. The lowest BCUT2D eigenvalue weighted by atomic mass is 9.81. The summed E-state index contributed by atoms with van der Waals surface area (Å²) in [6.07, 6.45) is 5.83. The molecule has 2 heterocycles. The highest BCUT2D eigenvalue weighted by atomic mass is 79.9. The van der Waals surface area contributed by atoms with Crippen LogP contribution in [0.1, 0.15) is 56.6 Å². The Morgan fingerprint density at radius 2 is 1.74 bits per heavy atom. The zero-order valence-electron chi connectivity index (χ0n) is 15.4. The Balaban J connectivity index is 1.40. The third-order valence-electron chi connectivity index (χ3n) is 6.29. The van der Waals surface area contributed by atoms with Crippen LogP contribution in [0.5, 0.6) is 0 Å². The number of likely N-dealkylation sites (tertiary alicyclic amines) is 2. The number of amides is 3. The maximum Gasteiger partial charge on any atom is 0.233 e. The van der Waals surface area contributed by atoms with E-state index in [-0.39, 0.29) is 48.6 Å². The minimum Gasteiger partial charge on any atom is -0.336 e. The molecule has 144 valence electrons. The topological polar surface area (TPSA) is 57.7 Å². The van der Waals surface area contributed by atoms with Crippen molar-refractivity contribution in [2.45, 2.75) is 51.0 Å². The summed E-state index contributed by atoms with van der Waals surface area (Å²) >= 11 is 3.50. The van der Waals surface area contributed by atoms with Gasteiger partial charge in [-0.05, 0) is 43.4 Å². The first-order valence-corrected chi connectivity index (χ1v) is 10.8. The fourth-order valence-electron chi connectivity index (χ4n) is 4.93. The van der Waals surface area contributed by atoms with Crippen molar-refractivity contribution in [2.24, 2.45) is 11.8 Å². The van der Waals surface area contributed by atoms with Crippen molar-refractivity contribution in [1.82, 2.24) is 9.80 Å². The van der Waals surface area contributed by atoms with Crippen LogP contribution in [-0.2, 0) is 14.4 Å². The van der Waals surface area contributed by atoms with E-state index in [1.165, 1.54) is 4.90 Å². The molecule has 1 aromatic carbocycles. The summed E-state index contributed by atoms with van der Waals surface area (Å²) < 4.78 is 1.01. The van der Waals surface area contributed by atoms with Crippen molar-refractivity contribution < 1.29 is 14.4 Å². The summed E-state index contributed by atoms with van der Waals surface area (Å²) in [4.78, 5) is 41.3. The molecular weight excluding hydrogens is 408 g/mol. The zero-order chi connectivity index (χ0) is 19.0. The molecule has 3 fully saturated rings. The van der Waals surface area contributed by atoms with E-state index in [1.807, 2.05) is 17.0 Å². The largest absolute Gasteiger partial charge is 0.336 e. The van der Waals surface area contributed by atoms with E-state index in [4.69, 9.17) is 0 Å². The number of benzene rings is 1. The van der Waals surface area contributed by atoms with E-state index in [2.05, 4.69) is 28.1 Å². The number of hydrogen-bond acceptors (Lipinski definition) is 3. The van der Waals surface area contributed by atoms with Crippen LogP contribution in [0, 0.1) is 11.8 Å². The minimum atomic E-state index is -0.137. The van der Waals surface area contributed by atoms with Crippen molar-refractivity contribution in [1.29, 1.82) is 0 Å². The molecule has 1 saturated carbocycles. The van der Waals surface area contributed by atoms with Gasteiger partial charge >= 0.3 is 0 Å². The molecule has 1 aliphatic carbocycles. The van der Waals surface area contributed by atoms with Crippen molar-refractivity contribution in [3.05, 3.63) is 34.3 Å². The Labute approximate surface area is 168 Å². The van der Waals surface area contributed by atoms with Gasteiger partial charge in [-0.2, -0.15) is 0 Å². The predicted molar refractivity (Wildman–Crippen MR) is 105 cm³/mol. The van der Waals surface area contributed by atoms with Crippen LogP contribution in [0.2, 0.25) is 0 Å². The third-order valence-corrected chi connectivity index (χ3v) is 6.78. The van der Waals surface area contributed by atoms with Gasteiger partial charge in [0, 0.05) is 24.0 Å². The Hall–Kier alpha value is -1.69. The summed E-state index contributed by atoms with van der Waals surface area (Å²) in [6, 6.07) is 8.18. The molecule has 3 aliphatic rings. The molecule has 3 unspecified atom stereocenters. The van der Waals surface area contributed by atoms with E-state index in [0.717, 1.165) is 55.1 Å². The molecule has 3 amide bonds. The van der Waals surface area contributed by atoms with Gasteiger partial charge in [-0.15, -0.1) is 0 Å². The van der Waals surface area contributed by atoms with Crippen LogP contribution in [0.3, 0.4) is 0 Å². The first-order valence-electron chi connectivity index (χ1n) is 9.96. The van der Waals surface area contributed by atoms with Gasteiger partial charge in [0.25, 0.3) is 0 Å². The van der Waals surface area contributed by atoms with Crippen LogP contribution < -0.4 is 0 Å². The maximum absolute atomic E-state index is 12.9. The predicted octanol–water partition coefficient (Wildman–Crippen LogP) is 3.68. The molecule has 0 spiro atoms. The van der Waals surface area contributed by atoms with Crippen molar-refractivity contribution >= 4 is 33.7 Å². The number of nitrogens with zero attached hydrogens (tertiary/aromatic N) is 2. The lowest BCUT2D eigenvalue weighted by molar-refractivity contribution is -0.141. The molecule has 4 rings (SSSR count). The van der Waals surface area contributed by atoms with Crippen molar-refractivity contribution in [3.8, 4) is 0 Å². The smallest absolute Gasteiger partial charge is 0.233 e. The van der Waals surface area contributed by atoms with Crippen LogP contribution in [-0.4, -0.2) is 40.6 Å². The SMILES string of the molecule is O=C1C2CCCCC2C(=O)N1CCC(=O)N1CCCC1c1cccc(Br)c1. The number of carbonyl (C=O) groups excluding carboxylic acids is 3. The number of carbonyl (C=O) groups is 3. The van der Waals surface area contributed by atoms with Crippen molar-refractivity contribution in [3.63, 3.8) is 0 Å². The van der Waals surface area contributed by atoms with Gasteiger partial charge in [0.15, 0.2) is 0 Å². The Kier molecular flexibility index (Phi) is 5.35. The molecule has 0 N–H and O–H groups in total. The summed E-state index contributed by atoms with van der Waals surface area (Å²) in [5, 5.41) is 0.